The maximum Gasteiger partial charge on any atom is 0.266 e. The fourth-order valence-electron chi connectivity index (χ4n) is 4.47. The van der Waals surface area contributed by atoms with E-state index < -0.39 is 24.0 Å². The van der Waals surface area contributed by atoms with Crippen LogP contribution in [0.1, 0.15) is 11.6 Å². The summed E-state index contributed by atoms with van der Waals surface area (Å²) in [7, 11) is 3.10. The van der Waals surface area contributed by atoms with Gasteiger partial charge in [0.05, 0.1) is 31.6 Å². The van der Waals surface area contributed by atoms with Crippen molar-refractivity contribution >= 4 is 46.4 Å². The molecule has 3 atom stereocenters. The zero-order valence-corrected chi connectivity index (χ0v) is 19.8. The minimum atomic E-state index is -1.01. The second kappa shape index (κ2) is 8.83. The smallest absolute Gasteiger partial charge is 0.266 e. The van der Waals surface area contributed by atoms with Crippen LogP contribution in [0.2, 0.25) is 10.0 Å². The summed E-state index contributed by atoms with van der Waals surface area (Å²) in [6.45, 7) is 0. The van der Waals surface area contributed by atoms with Crippen LogP contribution in [0.4, 0.5) is 11.4 Å². The fourth-order valence-corrected chi connectivity index (χ4v) is 4.79. The number of nitrogens with zero attached hydrogens (tertiary/aromatic N) is 2. The maximum absolute atomic E-state index is 13.7. The zero-order valence-electron chi connectivity index (χ0n) is 18.3. The molecule has 0 unspecified atom stereocenters. The molecule has 0 spiro atoms. The van der Waals surface area contributed by atoms with Gasteiger partial charge in [0, 0.05) is 21.7 Å². The Morgan fingerprint density at radius 2 is 1.59 bits per heavy atom. The minimum absolute atomic E-state index is 0.378. The number of hydrogen-bond acceptors (Lipinski definition) is 6. The largest absolute Gasteiger partial charge is 0.497 e. The van der Waals surface area contributed by atoms with Gasteiger partial charge in [-0.15, -0.1) is 0 Å². The summed E-state index contributed by atoms with van der Waals surface area (Å²) in [5, 5.41) is 2.56. The molecule has 3 aromatic carbocycles. The molecule has 34 heavy (non-hydrogen) atoms. The summed E-state index contributed by atoms with van der Waals surface area (Å²) in [5.74, 6) is -0.537. The van der Waals surface area contributed by atoms with Gasteiger partial charge in [-0.2, -0.15) is 0 Å². The van der Waals surface area contributed by atoms with E-state index in [0.717, 1.165) is 4.90 Å². The second-order valence-electron chi connectivity index (χ2n) is 7.90. The van der Waals surface area contributed by atoms with Crippen LogP contribution in [0.15, 0.2) is 66.7 Å². The predicted octanol–water partition coefficient (Wildman–Crippen LogP) is 5.06. The van der Waals surface area contributed by atoms with Crippen LogP contribution in [0, 0.1) is 5.92 Å². The van der Waals surface area contributed by atoms with E-state index in [1.54, 1.807) is 72.8 Å². The number of rotatable bonds is 5. The number of fused-ring (bicyclic) bond motifs is 1. The van der Waals surface area contributed by atoms with Gasteiger partial charge < -0.3 is 9.47 Å². The number of anilines is 2. The molecule has 0 bridgehead atoms. The number of carbonyl (C=O) groups excluding carboxylic acids is 2. The van der Waals surface area contributed by atoms with Crippen LogP contribution in [0.25, 0.3) is 0 Å². The third-order valence-corrected chi connectivity index (χ3v) is 6.51. The number of hydroxylamine groups is 1. The van der Waals surface area contributed by atoms with Crippen molar-refractivity contribution in [1.82, 2.24) is 0 Å². The van der Waals surface area contributed by atoms with Gasteiger partial charge in [0.25, 0.3) is 5.91 Å². The highest BCUT2D eigenvalue weighted by molar-refractivity contribution is 6.31. The molecular weight excluding hydrogens is 479 g/mol. The molecule has 2 fully saturated rings. The normalized spacial score (nSPS) is 21.7. The molecule has 0 aliphatic carbocycles. The minimum Gasteiger partial charge on any atom is -0.497 e. The Morgan fingerprint density at radius 1 is 0.824 bits per heavy atom. The lowest BCUT2D eigenvalue weighted by Gasteiger charge is -2.29. The van der Waals surface area contributed by atoms with Gasteiger partial charge in [0.15, 0.2) is 6.10 Å². The van der Waals surface area contributed by atoms with E-state index in [9.17, 15) is 9.59 Å². The zero-order chi connectivity index (χ0) is 24.0. The summed E-state index contributed by atoms with van der Waals surface area (Å²) >= 11 is 12.2. The van der Waals surface area contributed by atoms with Gasteiger partial charge in [-0.1, -0.05) is 29.3 Å². The van der Waals surface area contributed by atoms with E-state index in [1.807, 2.05) is 6.07 Å². The molecule has 2 aliphatic rings. The average Bonchev–Trinajstić information content (AvgIpc) is 3.34. The SMILES string of the molecule is COc1ccc([C@@H]2[C@@H]3C(=O)N(c4cccc(Cl)c4)C(=O)[C@@H]3ON2c2ccc(Cl)cc2)c(OC)c1. The van der Waals surface area contributed by atoms with Gasteiger partial charge >= 0.3 is 0 Å². The van der Waals surface area contributed by atoms with Crippen LogP contribution in [0.5, 0.6) is 11.5 Å². The molecule has 174 valence electrons. The van der Waals surface area contributed by atoms with Crippen LogP contribution in [0.3, 0.4) is 0 Å². The molecule has 0 aromatic heterocycles. The summed E-state index contributed by atoms with van der Waals surface area (Å²) in [6, 6.07) is 18.3. The van der Waals surface area contributed by atoms with E-state index in [4.69, 9.17) is 37.5 Å². The molecule has 0 saturated carbocycles. The molecule has 2 heterocycles. The molecule has 2 saturated heterocycles. The van der Waals surface area contributed by atoms with Gasteiger partial charge in [0.1, 0.15) is 17.4 Å². The topological polar surface area (TPSA) is 68.3 Å². The van der Waals surface area contributed by atoms with E-state index in [0.29, 0.717) is 38.5 Å². The van der Waals surface area contributed by atoms with Gasteiger partial charge in [-0.3, -0.25) is 14.4 Å². The number of carbonyl (C=O) groups is 2. The van der Waals surface area contributed by atoms with Crippen LogP contribution in [-0.2, 0) is 14.4 Å². The van der Waals surface area contributed by atoms with Crippen molar-refractivity contribution in [1.29, 1.82) is 0 Å². The van der Waals surface area contributed by atoms with E-state index in [2.05, 4.69) is 0 Å². The Bertz CT molecular complexity index is 1270. The monoisotopic (exact) mass is 498 g/mol. The van der Waals surface area contributed by atoms with Gasteiger partial charge in [-0.05, 0) is 54.6 Å². The number of halogens is 2. The summed E-state index contributed by atoms with van der Waals surface area (Å²) in [6.07, 6.45) is -1.01. The lowest BCUT2D eigenvalue weighted by Crippen LogP contribution is -2.37. The lowest BCUT2D eigenvalue weighted by molar-refractivity contribution is -0.126. The van der Waals surface area contributed by atoms with Crippen molar-refractivity contribution in [3.63, 3.8) is 0 Å². The van der Waals surface area contributed by atoms with Crippen molar-refractivity contribution in [3.05, 3.63) is 82.3 Å². The molecule has 2 aliphatic heterocycles. The summed E-state index contributed by atoms with van der Waals surface area (Å²) < 4.78 is 11.0. The molecule has 0 radical (unpaired) electrons. The molecule has 9 heteroatoms. The Labute approximate surface area is 206 Å². The van der Waals surface area contributed by atoms with Crippen molar-refractivity contribution in [2.75, 3.05) is 24.2 Å². The first-order chi connectivity index (χ1) is 16.4. The van der Waals surface area contributed by atoms with Crippen molar-refractivity contribution < 1.29 is 23.9 Å². The Hall–Kier alpha value is -3.26. The fraction of sp³-hybridized carbons (Fsp3) is 0.200. The molecule has 0 N–H and O–H groups in total. The Balaban J connectivity index is 1.63. The van der Waals surface area contributed by atoms with Gasteiger partial charge in [-0.25, -0.2) is 9.96 Å². The van der Waals surface area contributed by atoms with Crippen LogP contribution < -0.4 is 19.4 Å². The highest BCUT2D eigenvalue weighted by Gasteiger charge is 2.60. The summed E-state index contributed by atoms with van der Waals surface area (Å²) in [4.78, 5) is 34.4. The highest BCUT2D eigenvalue weighted by Crippen LogP contribution is 2.50. The summed E-state index contributed by atoms with van der Waals surface area (Å²) in [5.41, 5.74) is 1.73. The number of imide groups is 1. The van der Waals surface area contributed by atoms with Gasteiger partial charge in [0.2, 0.25) is 5.91 Å². The van der Waals surface area contributed by atoms with Crippen LogP contribution >= 0.6 is 23.2 Å². The molecular formula is C25H20Cl2N2O5. The van der Waals surface area contributed by atoms with E-state index in [1.165, 1.54) is 7.11 Å². The van der Waals surface area contributed by atoms with Crippen molar-refractivity contribution in [3.8, 4) is 11.5 Å². The number of hydrogen-bond donors (Lipinski definition) is 0. The maximum atomic E-state index is 13.7. The molecule has 5 rings (SSSR count). The average molecular weight is 499 g/mol. The lowest BCUT2D eigenvalue weighted by atomic mass is 9.90. The first-order valence-electron chi connectivity index (χ1n) is 10.5. The standard InChI is InChI=1S/C25H20Cl2N2O5/c1-32-18-10-11-19(20(13-18)33-2)22-21-23(34-29(22)16-8-6-14(26)7-9-16)25(31)28(24(21)30)17-5-3-4-15(27)12-17/h3-13,21-23H,1-2H3/t21-,22+,23+/m0/s1. The number of benzene rings is 3. The number of ether oxygens (including phenoxy) is 2. The Morgan fingerprint density at radius 3 is 2.26 bits per heavy atom. The van der Waals surface area contributed by atoms with Crippen molar-refractivity contribution in [2.24, 2.45) is 5.92 Å². The molecule has 3 aromatic rings. The molecule has 7 nitrogen and oxygen atoms in total. The van der Waals surface area contributed by atoms with Crippen LogP contribution in [-0.4, -0.2) is 32.1 Å². The van der Waals surface area contributed by atoms with Crippen molar-refractivity contribution in [2.45, 2.75) is 12.1 Å². The number of amides is 2. The predicted molar refractivity (Wildman–Crippen MR) is 129 cm³/mol. The third-order valence-electron chi connectivity index (χ3n) is 6.02. The Kier molecular flexibility index (Phi) is 5.85. The molecule has 2 amide bonds. The first kappa shape index (κ1) is 22.5. The van der Waals surface area contributed by atoms with E-state index in [-0.39, 0.29) is 5.91 Å². The third kappa shape index (κ3) is 3.66. The number of methoxy groups -OCH3 is 2. The highest BCUT2D eigenvalue weighted by atomic mass is 35.5. The van der Waals surface area contributed by atoms with E-state index >= 15 is 0 Å². The first-order valence-corrected chi connectivity index (χ1v) is 11.3. The quantitative estimate of drug-likeness (QED) is 0.458. The second-order valence-corrected chi connectivity index (χ2v) is 8.77.